The largest absolute Gasteiger partial charge is 0.375 e. The Bertz CT molecular complexity index is 110. The Morgan fingerprint density at radius 2 is 1.23 bits per heavy atom. The summed E-state index contributed by atoms with van der Waals surface area (Å²) >= 11 is 0. The highest BCUT2D eigenvalue weighted by atomic mass is 16.5. The fraction of sp³-hybridized carbons (Fsp3) is 1.00. The van der Waals surface area contributed by atoms with Gasteiger partial charge in [0.15, 0.2) is 0 Å². The van der Waals surface area contributed by atoms with Gasteiger partial charge in [0.1, 0.15) is 0 Å². The second-order valence-corrected chi connectivity index (χ2v) is 4.42. The maximum atomic E-state index is 5.96. The standard InChI is InChI=1S/C12H26O/c1-7-10(5)12(11(6)8-2)13-9(3)4/h9-12H,7-8H2,1-6H3. The molecule has 0 aromatic heterocycles. The number of hydrogen-bond acceptors (Lipinski definition) is 1. The van der Waals surface area contributed by atoms with Crippen molar-refractivity contribution in [2.24, 2.45) is 11.8 Å². The molecule has 2 atom stereocenters. The molecule has 0 N–H and O–H groups in total. The van der Waals surface area contributed by atoms with E-state index in [-0.39, 0.29) is 0 Å². The first kappa shape index (κ1) is 13.0. The van der Waals surface area contributed by atoms with Crippen LogP contribution >= 0.6 is 0 Å². The molecule has 0 heterocycles. The van der Waals surface area contributed by atoms with E-state index in [1.807, 2.05) is 0 Å². The third kappa shape index (κ3) is 4.66. The van der Waals surface area contributed by atoms with Gasteiger partial charge in [-0.3, -0.25) is 0 Å². The zero-order valence-electron chi connectivity index (χ0n) is 10.1. The Labute approximate surface area is 83.9 Å². The van der Waals surface area contributed by atoms with Crippen molar-refractivity contribution in [3.8, 4) is 0 Å². The van der Waals surface area contributed by atoms with Crippen molar-refractivity contribution in [2.75, 3.05) is 0 Å². The van der Waals surface area contributed by atoms with Crippen LogP contribution in [0.3, 0.4) is 0 Å². The Kier molecular flexibility index (Phi) is 6.40. The van der Waals surface area contributed by atoms with E-state index in [2.05, 4.69) is 41.5 Å². The van der Waals surface area contributed by atoms with Gasteiger partial charge in [-0.25, -0.2) is 0 Å². The molecule has 0 aliphatic carbocycles. The third-order valence-corrected chi connectivity index (χ3v) is 2.84. The molecule has 0 aromatic rings. The highest BCUT2D eigenvalue weighted by Gasteiger charge is 2.22. The van der Waals surface area contributed by atoms with Crippen LogP contribution in [-0.2, 0) is 4.74 Å². The van der Waals surface area contributed by atoms with Gasteiger partial charge in [-0.2, -0.15) is 0 Å². The minimum Gasteiger partial charge on any atom is -0.375 e. The van der Waals surface area contributed by atoms with Crippen LogP contribution < -0.4 is 0 Å². The van der Waals surface area contributed by atoms with Crippen molar-refractivity contribution in [3.05, 3.63) is 0 Å². The van der Waals surface area contributed by atoms with Gasteiger partial charge in [-0.05, 0) is 25.7 Å². The lowest BCUT2D eigenvalue weighted by Gasteiger charge is -2.30. The lowest BCUT2D eigenvalue weighted by molar-refractivity contribution is -0.0533. The van der Waals surface area contributed by atoms with Gasteiger partial charge in [-0.15, -0.1) is 0 Å². The number of hydrogen-bond donors (Lipinski definition) is 0. The quantitative estimate of drug-likeness (QED) is 0.612. The van der Waals surface area contributed by atoms with E-state index in [9.17, 15) is 0 Å². The Morgan fingerprint density at radius 3 is 1.46 bits per heavy atom. The van der Waals surface area contributed by atoms with Gasteiger partial charge in [0.25, 0.3) is 0 Å². The van der Waals surface area contributed by atoms with E-state index in [1.54, 1.807) is 0 Å². The minimum absolute atomic E-state index is 0.355. The Balaban J connectivity index is 4.17. The second kappa shape index (κ2) is 6.42. The van der Waals surface area contributed by atoms with Crippen molar-refractivity contribution < 1.29 is 4.74 Å². The molecule has 13 heavy (non-hydrogen) atoms. The summed E-state index contributed by atoms with van der Waals surface area (Å²) in [4.78, 5) is 0. The van der Waals surface area contributed by atoms with Gasteiger partial charge in [-0.1, -0.05) is 40.5 Å². The predicted molar refractivity (Wildman–Crippen MR) is 58.9 cm³/mol. The predicted octanol–water partition coefficient (Wildman–Crippen LogP) is 3.87. The molecule has 1 nitrogen and oxygen atoms in total. The van der Waals surface area contributed by atoms with Crippen molar-refractivity contribution in [3.63, 3.8) is 0 Å². The molecule has 1 heteroatoms. The molecule has 0 saturated carbocycles. The molecule has 0 aliphatic rings. The van der Waals surface area contributed by atoms with Crippen LogP contribution in [0.15, 0.2) is 0 Å². The lowest BCUT2D eigenvalue weighted by atomic mass is 9.89. The number of ether oxygens (including phenoxy) is 1. The zero-order chi connectivity index (χ0) is 10.4. The van der Waals surface area contributed by atoms with E-state index in [1.165, 1.54) is 12.8 Å². The fourth-order valence-corrected chi connectivity index (χ4v) is 1.61. The molecule has 0 saturated heterocycles. The van der Waals surface area contributed by atoms with Crippen LogP contribution in [-0.4, -0.2) is 12.2 Å². The molecule has 80 valence electrons. The maximum absolute atomic E-state index is 5.96. The third-order valence-electron chi connectivity index (χ3n) is 2.84. The van der Waals surface area contributed by atoms with Crippen LogP contribution in [0.25, 0.3) is 0 Å². The molecule has 0 amide bonds. The maximum Gasteiger partial charge on any atom is 0.0629 e. The van der Waals surface area contributed by atoms with Crippen LogP contribution in [0.1, 0.15) is 54.4 Å². The van der Waals surface area contributed by atoms with E-state index in [0.717, 1.165) is 0 Å². The second-order valence-electron chi connectivity index (χ2n) is 4.42. The summed E-state index contributed by atoms with van der Waals surface area (Å²) < 4.78 is 5.96. The number of rotatable bonds is 6. The Morgan fingerprint density at radius 1 is 0.846 bits per heavy atom. The van der Waals surface area contributed by atoms with Crippen molar-refractivity contribution in [1.29, 1.82) is 0 Å². The summed E-state index contributed by atoms with van der Waals surface area (Å²) in [5.41, 5.74) is 0. The highest BCUT2D eigenvalue weighted by molar-refractivity contribution is 4.71. The summed E-state index contributed by atoms with van der Waals surface area (Å²) in [6.45, 7) is 13.3. The molecule has 0 aromatic carbocycles. The molecule has 0 radical (unpaired) electrons. The van der Waals surface area contributed by atoms with E-state index < -0.39 is 0 Å². The summed E-state index contributed by atoms with van der Waals surface area (Å²) in [5, 5.41) is 0. The summed E-state index contributed by atoms with van der Waals surface area (Å²) in [6, 6.07) is 0. The summed E-state index contributed by atoms with van der Waals surface area (Å²) in [5.74, 6) is 1.36. The van der Waals surface area contributed by atoms with E-state index >= 15 is 0 Å². The molecule has 0 fully saturated rings. The SMILES string of the molecule is CCC(C)C(OC(C)C)C(C)CC. The van der Waals surface area contributed by atoms with Gasteiger partial charge < -0.3 is 4.74 Å². The summed E-state index contributed by atoms with van der Waals surface area (Å²) in [7, 11) is 0. The normalized spacial score (nSPS) is 18.7. The molecular weight excluding hydrogens is 160 g/mol. The van der Waals surface area contributed by atoms with E-state index in [4.69, 9.17) is 4.74 Å². The van der Waals surface area contributed by atoms with Crippen LogP contribution in [0.2, 0.25) is 0 Å². The molecule has 2 unspecified atom stereocenters. The molecule has 0 rings (SSSR count). The minimum atomic E-state index is 0.355. The van der Waals surface area contributed by atoms with Crippen molar-refractivity contribution >= 4 is 0 Å². The monoisotopic (exact) mass is 186 g/mol. The van der Waals surface area contributed by atoms with Gasteiger partial charge >= 0.3 is 0 Å². The average molecular weight is 186 g/mol. The molecular formula is C12H26O. The first-order valence-electron chi connectivity index (χ1n) is 5.68. The average Bonchev–Trinajstić information content (AvgIpc) is 2.11. The molecule has 0 spiro atoms. The highest BCUT2D eigenvalue weighted by Crippen LogP contribution is 2.23. The molecule has 0 aliphatic heterocycles. The van der Waals surface area contributed by atoms with E-state index in [0.29, 0.717) is 24.0 Å². The first-order valence-corrected chi connectivity index (χ1v) is 5.68. The van der Waals surface area contributed by atoms with Gasteiger partial charge in [0.2, 0.25) is 0 Å². The first-order chi connectivity index (χ1) is 6.02. The molecule has 0 bridgehead atoms. The topological polar surface area (TPSA) is 9.23 Å². The van der Waals surface area contributed by atoms with Crippen molar-refractivity contribution in [1.82, 2.24) is 0 Å². The Hall–Kier alpha value is -0.0400. The van der Waals surface area contributed by atoms with Gasteiger partial charge in [0, 0.05) is 0 Å². The fourth-order valence-electron chi connectivity index (χ4n) is 1.61. The summed E-state index contributed by atoms with van der Waals surface area (Å²) in [6.07, 6.45) is 3.21. The smallest absolute Gasteiger partial charge is 0.0629 e. The van der Waals surface area contributed by atoms with Crippen LogP contribution in [0.5, 0.6) is 0 Å². The van der Waals surface area contributed by atoms with Crippen LogP contribution in [0.4, 0.5) is 0 Å². The van der Waals surface area contributed by atoms with Crippen LogP contribution in [0, 0.1) is 11.8 Å². The van der Waals surface area contributed by atoms with Gasteiger partial charge in [0.05, 0.1) is 12.2 Å². The zero-order valence-corrected chi connectivity index (χ0v) is 10.1. The lowest BCUT2D eigenvalue weighted by Crippen LogP contribution is -2.31. The van der Waals surface area contributed by atoms with Crippen molar-refractivity contribution in [2.45, 2.75) is 66.6 Å².